The molecule has 0 radical (unpaired) electrons. The summed E-state index contributed by atoms with van der Waals surface area (Å²) in [6.07, 6.45) is 5.47. The van der Waals surface area contributed by atoms with Gasteiger partial charge in [-0.15, -0.1) is 0 Å². The zero-order valence-electron chi connectivity index (χ0n) is 14.3. The number of carbonyl (C=O) groups is 1. The minimum Gasteiger partial charge on any atom is -0.474 e. The van der Waals surface area contributed by atoms with E-state index in [1.165, 1.54) is 6.20 Å². The quantitative estimate of drug-likeness (QED) is 0.872. The predicted octanol–water partition coefficient (Wildman–Crippen LogP) is 3.66. The molecule has 1 heterocycles. The van der Waals surface area contributed by atoms with Crippen molar-refractivity contribution in [3.8, 4) is 11.9 Å². The number of pyridine rings is 1. The van der Waals surface area contributed by atoms with Gasteiger partial charge in [-0.3, -0.25) is 4.79 Å². The van der Waals surface area contributed by atoms with E-state index in [1.54, 1.807) is 24.3 Å². The maximum Gasteiger partial charge on any atom is 0.224 e. The van der Waals surface area contributed by atoms with Gasteiger partial charge in [0.15, 0.2) is 0 Å². The smallest absolute Gasteiger partial charge is 0.224 e. The van der Waals surface area contributed by atoms with E-state index >= 15 is 0 Å². The third-order valence-corrected chi connectivity index (χ3v) is 4.72. The Kier molecular flexibility index (Phi) is 6.08. The van der Waals surface area contributed by atoms with Gasteiger partial charge in [0.05, 0.1) is 12.0 Å². The lowest BCUT2D eigenvalue weighted by molar-refractivity contribution is -0.121. The van der Waals surface area contributed by atoms with Gasteiger partial charge in [0.25, 0.3) is 0 Å². The molecule has 1 fully saturated rings. The lowest BCUT2D eigenvalue weighted by Gasteiger charge is -2.29. The molecule has 3 rings (SSSR count). The molecule has 134 valence electrons. The largest absolute Gasteiger partial charge is 0.474 e. The lowest BCUT2D eigenvalue weighted by atomic mass is 9.92. The number of nitrogens with zero attached hydrogens (tertiary/aromatic N) is 2. The third-order valence-electron chi connectivity index (χ3n) is 4.47. The summed E-state index contributed by atoms with van der Waals surface area (Å²) in [7, 11) is 0. The maximum absolute atomic E-state index is 12.2. The molecule has 2 aromatic rings. The molecule has 0 bridgehead atoms. The Morgan fingerprint density at radius 1 is 1.19 bits per heavy atom. The molecule has 1 aromatic carbocycles. The normalized spacial score (nSPS) is 19.4. The van der Waals surface area contributed by atoms with Crippen molar-refractivity contribution in [2.75, 3.05) is 0 Å². The molecule has 1 N–H and O–H groups in total. The molecule has 1 saturated carbocycles. The van der Waals surface area contributed by atoms with Crippen molar-refractivity contribution in [1.82, 2.24) is 10.3 Å². The first kappa shape index (κ1) is 18.2. The van der Waals surface area contributed by atoms with Crippen molar-refractivity contribution in [2.24, 2.45) is 0 Å². The van der Waals surface area contributed by atoms with Crippen LogP contribution in [0.1, 0.15) is 36.8 Å². The van der Waals surface area contributed by atoms with E-state index < -0.39 is 0 Å². The minimum atomic E-state index is 0.0328. The van der Waals surface area contributed by atoms with Crippen LogP contribution in [0.25, 0.3) is 0 Å². The van der Waals surface area contributed by atoms with Crippen molar-refractivity contribution >= 4 is 17.5 Å². The molecule has 5 nitrogen and oxygen atoms in total. The number of carbonyl (C=O) groups excluding carboxylic acids is 1. The SMILES string of the molecule is N#Cc1ccc(OC2CCC(NC(=O)Cc3ccc(Cl)cc3)CC2)nc1. The summed E-state index contributed by atoms with van der Waals surface area (Å²) in [6.45, 7) is 0. The van der Waals surface area contributed by atoms with Gasteiger partial charge in [-0.25, -0.2) is 4.98 Å². The first-order valence-corrected chi connectivity index (χ1v) is 9.07. The lowest BCUT2D eigenvalue weighted by Crippen LogP contribution is -2.40. The van der Waals surface area contributed by atoms with E-state index in [0.29, 0.717) is 22.9 Å². The molecule has 1 aromatic heterocycles. The van der Waals surface area contributed by atoms with Crippen molar-refractivity contribution in [2.45, 2.75) is 44.2 Å². The molecule has 0 spiro atoms. The highest BCUT2D eigenvalue weighted by Crippen LogP contribution is 2.23. The Balaban J connectivity index is 1.42. The minimum absolute atomic E-state index is 0.0328. The van der Waals surface area contributed by atoms with Crippen LogP contribution in [0.2, 0.25) is 5.02 Å². The molecule has 0 aliphatic heterocycles. The highest BCUT2D eigenvalue weighted by Gasteiger charge is 2.23. The first-order valence-electron chi connectivity index (χ1n) is 8.69. The molecule has 0 atom stereocenters. The second-order valence-corrected chi connectivity index (χ2v) is 6.90. The van der Waals surface area contributed by atoms with Crippen molar-refractivity contribution in [1.29, 1.82) is 5.26 Å². The van der Waals surface area contributed by atoms with Gasteiger partial charge >= 0.3 is 0 Å². The molecule has 6 heteroatoms. The van der Waals surface area contributed by atoms with Crippen LogP contribution >= 0.6 is 11.6 Å². The van der Waals surface area contributed by atoms with Gasteiger partial charge in [0.1, 0.15) is 12.2 Å². The fourth-order valence-corrected chi connectivity index (χ4v) is 3.20. The van der Waals surface area contributed by atoms with Crippen LogP contribution in [0.3, 0.4) is 0 Å². The van der Waals surface area contributed by atoms with Gasteiger partial charge in [-0.05, 0) is 49.4 Å². The number of nitrogens with one attached hydrogen (secondary N) is 1. The Bertz CT molecular complexity index is 776. The number of rotatable bonds is 5. The number of amides is 1. The monoisotopic (exact) mass is 369 g/mol. The molecule has 0 saturated heterocycles. The fourth-order valence-electron chi connectivity index (χ4n) is 3.08. The Hall–Kier alpha value is -2.58. The summed E-state index contributed by atoms with van der Waals surface area (Å²) in [5, 5.41) is 12.6. The highest BCUT2D eigenvalue weighted by molar-refractivity contribution is 6.30. The number of benzene rings is 1. The topological polar surface area (TPSA) is 75.0 Å². The Morgan fingerprint density at radius 3 is 2.54 bits per heavy atom. The average Bonchev–Trinajstić information content (AvgIpc) is 2.66. The standard InChI is InChI=1S/C20H20ClN3O2/c21-16-4-1-14(2-5-16)11-19(25)24-17-6-8-18(9-7-17)26-20-10-3-15(12-22)13-23-20/h1-5,10,13,17-18H,6-9,11H2,(H,24,25). The molecule has 1 aliphatic carbocycles. The van der Waals surface area contributed by atoms with Crippen LogP contribution in [0.4, 0.5) is 0 Å². The summed E-state index contributed by atoms with van der Waals surface area (Å²) in [4.78, 5) is 16.3. The summed E-state index contributed by atoms with van der Waals surface area (Å²) in [5.74, 6) is 0.574. The predicted molar refractivity (Wildman–Crippen MR) is 98.9 cm³/mol. The zero-order valence-corrected chi connectivity index (χ0v) is 15.1. The number of nitriles is 1. The fraction of sp³-hybridized carbons (Fsp3) is 0.350. The number of halogens is 1. The number of hydrogen-bond acceptors (Lipinski definition) is 4. The highest BCUT2D eigenvalue weighted by atomic mass is 35.5. The first-order chi connectivity index (χ1) is 12.6. The summed E-state index contributed by atoms with van der Waals surface area (Å²) >= 11 is 5.86. The van der Waals surface area contributed by atoms with Crippen LogP contribution in [-0.4, -0.2) is 23.0 Å². The van der Waals surface area contributed by atoms with Gasteiger partial charge in [0.2, 0.25) is 11.8 Å². The van der Waals surface area contributed by atoms with Gasteiger partial charge in [-0.2, -0.15) is 5.26 Å². The van der Waals surface area contributed by atoms with Crippen molar-refractivity contribution in [3.05, 3.63) is 58.7 Å². The van der Waals surface area contributed by atoms with E-state index in [4.69, 9.17) is 21.6 Å². The van der Waals surface area contributed by atoms with Crippen molar-refractivity contribution < 1.29 is 9.53 Å². The summed E-state index contributed by atoms with van der Waals surface area (Å²) < 4.78 is 5.87. The Labute approximate surface area is 158 Å². The van der Waals surface area contributed by atoms with E-state index in [9.17, 15) is 4.79 Å². The molecular weight excluding hydrogens is 350 g/mol. The van der Waals surface area contributed by atoms with E-state index in [1.807, 2.05) is 18.2 Å². The van der Waals surface area contributed by atoms with Crippen LogP contribution in [0.5, 0.6) is 5.88 Å². The summed E-state index contributed by atoms with van der Waals surface area (Å²) in [5.41, 5.74) is 1.47. The number of ether oxygens (including phenoxy) is 1. The maximum atomic E-state index is 12.2. The van der Waals surface area contributed by atoms with Crippen molar-refractivity contribution in [3.63, 3.8) is 0 Å². The van der Waals surface area contributed by atoms with Gasteiger partial charge < -0.3 is 10.1 Å². The van der Waals surface area contributed by atoms with E-state index in [2.05, 4.69) is 10.3 Å². The second kappa shape index (κ2) is 8.68. The third kappa shape index (κ3) is 5.21. The zero-order chi connectivity index (χ0) is 18.4. The molecule has 0 unspecified atom stereocenters. The number of aromatic nitrogens is 1. The molecular formula is C20H20ClN3O2. The molecule has 1 amide bonds. The van der Waals surface area contributed by atoms with Crippen LogP contribution in [-0.2, 0) is 11.2 Å². The number of hydrogen-bond donors (Lipinski definition) is 1. The van der Waals surface area contributed by atoms with Gasteiger partial charge in [-0.1, -0.05) is 23.7 Å². The Morgan fingerprint density at radius 2 is 1.92 bits per heavy atom. The molecule has 26 heavy (non-hydrogen) atoms. The van der Waals surface area contributed by atoms with Gasteiger partial charge in [0, 0.05) is 23.3 Å². The van der Waals surface area contributed by atoms with Crippen LogP contribution in [0.15, 0.2) is 42.6 Å². The summed E-state index contributed by atoms with van der Waals surface area (Å²) in [6, 6.07) is 13.0. The van der Waals surface area contributed by atoms with E-state index in [-0.39, 0.29) is 18.1 Å². The second-order valence-electron chi connectivity index (χ2n) is 6.46. The van der Waals surface area contributed by atoms with E-state index in [0.717, 1.165) is 31.2 Å². The molecule has 1 aliphatic rings. The van der Waals surface area contributed by atoms with Crippen LogP contribution in [0, 0.1) is 11.3 Å². The van der Waals surface area contributed by atoms with Crippen LogP contribution < -0.4 is 10.1 Å². The average molecular weight is 370 g/mol.